The van der Waals surface area contributed by atoms with Crippen molar-refractivity contribution < 1.29 is 0 Å². The lowest BCUT2D eigenvalue weighted by Crippen LogP contribution is -1.82. The van der Waals surface area contributed by atoms with Gasteiger partial charge in [-0.15, -0.1) is 0 Å². The van der Waals surface area contributed by atoms with E-state index in [0.29, 0.717) is 4.77 Å². The quantitative estimate of drug-likeness (QED) is 0.443. The van der Waals surface area contributed by atoms with Crippen LogP contribution in [0, 0.1) is 16.6 Å². The van der Waals surface area contributed by atoms with Gasteiger partial charge in [0.2, 0.25) is 0 Å². The summed E-state index contributed by atoms with van der Waals surface area (Å²) in [6, 6.07) is 0. The molecule has 0 radical (unpaired) electrons. The lowest BCUT2D eigenvalue weighted by molar-refractivity contribution is 0.828. The minimum Gasteiger partial charge on any atom is -0.336 e. The Labute approximate surface area is 83.4 Å². The van der Waals surface area contributed by atoms with Crippen LogP contribution in [0.4, 0.5) is 0 Å². The summed E-state index contributed by atoms with van der Waals surface area (Å²) < 4.78 is 0.499. The molecule has 1 heterocycles. The Bertz CT molecular complexity index is 350. The minimum atomic E-state index is 0.499. The maximum Gasteiger partial charge on any atom is 0.196 e. The van der Waals surface area contributed by atoms with Crippen LogP contribution in [0.15, 0.2) is 12.4 Å². The SMILES string of the molecule is CCCCC#Cc1cnc(=S)[nH]c1. The first-order valence-electron chi connectivity index (χ1n) is 4.36. The van der Waals surface area contributed by atoms with Gasteiger partial charge in [-0.05, 0) is 18.6 Å². The number of unbranched alkanes of at least 4 members (excludes halogenated alkanes) is 2. The summed E-state index contributed by atoms with van der Waals surface area (Å²) in [5.41, 5.74) is 0.893. The standard InChI is InChI=1S/C10H12N2S/c1-2-3-4-5-6-9-7-11-10(13)12-8-9/h7-8H,2-4H2,1H3,(H,11,12,13). The normalized spacial score (nSPS) is 9.00. The number of H-pyrrole nitrogens is 1. The van der Waals surface area contributed by atoms with Gasteiger partial charge in [0, 0.05) is 18.8 Å². The molecule has 13 heavy (non-hydrogen) atoms. The molecule has 1 aromatic heterocycles. The van der Waals surface area contributed by atoms with Gasteiger partial charge in [0.15, 0.2) is 4.77 Å². The highest BCUT2D eigenvalue weighted by Crippen LogP contribution is 1.93. The van der Waals surface area contributed by atoms with Gasteiger partial charge in [-0.3, -0.25) is 0 Å². The third-order valence-electron chi connectivity index (χ3n) is 1.56. The van der Waals surface area contributed by atoms with Crippen molar-refractivity contribution in [2.75, 3.05) is 0 Å². The molecule has 3 heteroatoms. The molecule has 0 bridgehead atoms. The predicted molar refractivity (Wildman–Crippen MR) is 55.8 cm³/mol. The second kappa shape index (κ2) is 5.50. The molecule has 0 amide bonds. The van der Waals surface area contributed by atoms with Crippen LogP contribution in [0.3, 0.4) is 0 Å². The Morgan fingerprint density at radius 3 is 3.08 bits per heavy atom. The van der Waals surface area contributed by atoms with Crippen molar-refractivity contribution in [3.05, 3.63) is 22.7 Å². The predicted octanol–water partition coefficient (Wildman–Crippen LogP) is 2.68. The van der Waals surface area contributed by atoms with Crippen LogP contribution < -0.4 is 0 Å². The molecule has 0 saturated carbocycles. The lowest BCUT2D eigenvalue weighted by atomic mass is 10.2. The molecule has 1 rings (SSSR count). The van der Waals surface area contributed by atoms with Gasteiger partial charge in [0.1, 0.15) is 0 Å². The molecule has 0 aliphatic rings. The number of hydrogen-bond acceptors (Lipinski definition) is 2. The van der Waals surface area contributed by atoms with E-state index < -0.39 is 0 Å². The Kier molecular flexibility index (Phi) is 4.20. The highest BCUT2D eigenvalue weighted by atomic mass is 32.1. The number of aromatic nitrogens is 2. The molecular weight excluding hydrogens is 180 g/mol. The van der Waals surface area contributed by atoms with Gasteiger partial charge < -0.3 is 4.98 Å². The molecule has 2 nitrogen and oxygen atoms in total. The fourth-order valence-corrected chi connectivity index (χ4v) is 0.952. The second-order valence-corrected chi connectivity index (χ2v) is 3.10. The monoisotopic (exact) mass is 192 g/mol. The summed E-state index contributed by atoms with van der Waals surface area (Å²) in [6.07, 6.45) is 6.77. The van der Waals surface area contributed by atoms with E-state index in [1.807, 2.05) is 0 Å². The van der Waals surface area contributed by atoms with E-state index in [4.69, 9.17) is 12.2 Å². The molecule has 0 fully saturated rings. The zero-order chi connectivity index (χ0) is 9.52. The van der Waals surface area contributed by atoms with Crippen LogP contribution in [0.2, 0.25) is 0 Å². The summed E-state index contributed by atoms with van der Waals surface area (Å²) >= 11 is 4.81. The maximum atomic E-state index is 4.81. The Morgan fingerprint density at radius 1 is 1.62 bits per heavy atom. The van der Waals surface area contributed by atoms with Crippen LogP contribution in [-0.4, -0.2) is 9.97 Å². The fraction of sp³-hybridized carbons (Fsp3) is 0.400. The van der Waals surface area contributed by atoms with Crippen LogP contribution in [0.25, 0.3) is 0 Å². The maximum absolute atomic E-state index is 4.81. The molecule has 1 aromatic rings. The first kappa shape index (κ1) is 9.94. The smallest absolute Gasteiger partial charge is 0.196 e. The topological polar surface area (TPSA) is 28.7 Å². The summed E-state index contributed by atoms with van der Waals surface area (Å²) in [7, 11) is 0. The van der Waals surface area contributed by atoms with Crippen LogP contribution in [0.5, 0.6) is 0 Å². The first-order valence-corrected chi connectivity index (χ1v) is 4.77. The van der Waals surface area contributed by atoms with Gasteiger partial charge >= 0.3 is 0 Å². The van der Waals surface area contributed by atoms with Gasteiger partial charge in [0.25, 0.3) is 0 Å². The fourth-order valence-electron chi connectivity index (χ4n) is 0.840. The van der Waals surface area contributed by atoms with E-state index in [-0.39, 0.29) is 0 Å². The van der Waals surface area contributed by atoms with Crippen molar-refractivity contribution in [1.82, 2.24) is 9.97 Å². The van der Waals surface area contributed by atoms with E-state index in [1.165, 1.54) is 6.42 Å². The highest BCUT2D eigenvalue weighted by Gasteiger charge is 1.84. The first-order chi connectivity index (χ1) is 6.33. The number of nitrogens with one attached hydrogen (secondary N) is 1. The molecule has 0 atom stereocenters. The van der Waals surface area contributed by atoms with E-state index in [1.54, 1.807) is 12.4 Å². The number of hydrogen-bond donors (Lipinski definition) is 1. The summed E-state index contributed by atoms with van der Waals surface area (Å²) in [5, 5.41) is 0. The largest absolute Gasteiger partial charge is 0.336 e. The summed E-state index contributed by atoms with van der Waals surface area (Å²) in [5.74, 6) is 6.09. The van der Waals surface area contributed by atoms with E-state index in [9.17, 15) is 0 Å². The molecule has 0 aliphatic carbocycles. The lowest BCUT2D eigenvalue weighted by Gasteiger charge is -1.87. The Hall–Kier alpha value is -1.14. The van der Waals surface area contributed by atoms with Crippen LogP contribution in [-0.2, 0) is 0 Å². The van der Waals surface area contributed by atoms with E-state index in [2.05, 4.69) is 28.7 Å². The molecule has 68 valence electrons. The third-order valence-corrected chi connectivity index (χ3v) is 1.78. The van der Waals surface area contributed by atoms with Crippen molar-refractivity contribution in [3.63, 3.8) is 0 Å². The average Bonchev–Trinajstić information content (AvgIpc) is 2.15. The van der Waals surface area contributed by atoms with Gasteiger partial charge in [0.05, 0.1) is 5.56 Å². The van der Waals surface area contributed by atoms with Gasteiger partial charge in [-0.1, -0.05) is 25.2 Å². The van der Waals surface area contributed by atoms with Crippen LogP contribution in [0.1, 0.15) is 31.7 Å². The number of rotatable bonds is 2. The zero-order valence-electron chi connectivity index (χ0n) is 7.63. The molecule has 1 N–H and O–H groups in total. The Balaban J connectivity index is 2.57. The van der Waals surface area contributed by atoms with E-state index in [0.717, 1.165) is 18.4 Å². The molecule has 0 aliphatic heterocycles. The average molecular weight is 192 g/mol. The van der Waals surface area contributed by atoms with Crippen molar-refractivity contribution >= 4 is 12.2 Å². The summed E-state index contributed by atoms with van der Waals surface area (Å²) in [4.78, 5) is 6.78. The van der Waals surface area contributed by atoms with Crippen LogP contribution >= 0.6 is 12.2 Å². The minimum absolute atomic E-state index is 0.499. The van der Waals surface area contributed by atoms with Crippen molar-refractivity contribution in [1.29, 1.82) is 0 Å². The van der Waals surface area contributed by atoms with Gasteiger partial charge in [-0.2, -0.15) is 0 Å². The molecule has 0 saturated heterocycles. The van der Waals surface area contributed by atoms with Gasteiger partial charge in [-0.25, -0.2) is 4.98 Å². The molecule has 0 unspecified atom stereocenters. The second-order valence-electron chi connectivity index (χ2n) is 2.71. The van der Waals surface area contributed by atoms with Crippen molar-refractivity contribution in [2.24, 2.45) is 0 Å². The molecule has 0 aromatic carbocycles. The third kappa shape index (κ3) is 3.86. The van der Waals surface area contributed by atoms with Crippen molar-refractivity contribution in [2.45, 2.75) is 26.2 Å². The van der Waals surface area contributed by atoms with E-state index >= 15 is 0 Å². The number of nitrogens with zero attached hydrogens (tertiary/aromatic N) is 1. The Morgan fingerprint density at radius 2 is 2.46 bits per heavy atom. The molecular formula is C10H12N2S. The zero-order valence-corrected chi connectivity index (χ0v) is 8.45. The van der Waals surface area contributed by atoms with Crippen molar-refractivity contribution in [3.8, 4) is 11.8 Å². The summed E-state index contributed by atoms with van der Waals surface area (Å²) in [6.45, 7) is 2.16. The molecule has 0 spiro atoms. The number of aromatic amines is 1. The highest BCUT2D eigenvalue weighted by molar-refractivity contribution is 7.71.